The summed E-state index contributed by atoms with van der Waals surface area (Å²) in [6.07, 6.45) is 3.97. The van der Waals surface area contributed by atoms with Crippen LogP contribution in [0.15, 0.2) is 18.2 Å². The molecule has 1 aromatic rings. The summed E-state index contributed by atoms with van der Waals surface area (Å²) in [5.41, 5.74) is 1.21. The molecule has 1 N–H and O–H groups in total. The van der Waals surface area contributed by atoms with Crippen molar-refractivity contribution in [2.24, 2.45) is 0 Å². The largest absolute Gasteiger partial charge is 0.489 e. The van der Waals surface area contributed by atoms with Gasteiger partial charge in [0.2, 0.25) is 0 Å². The van der Waals surface area contributed by atoms with Gasteiger partial charge in [-0.05, 0) is 50.4 Å². The molecule has 1 saturated carbocycles. The number of nitrogens with one attached hydrogen (secondary N) is 1. The Morgan fingerprint density at radius 1 is 1.47 bits per heavy atom. The van der Waals surface area contributed by atoms with Crippen molar-refractivity contribution in [3.63, 3.8) is 0 Å². The topological polar surface area (TPSA) is 21.3 Å². The Morgan fingerprint density at radius 3 is 2.76 bits per heavy atom. The van der Waals surface area contributed by atoms with Gasteiger partial charge in [0.1, 0.15) is 5.75 Å². The van der Waals surface area contributed by atoms with Crippen molar-refractivity contribution in [2.45, 2.75) is 45.3 Å². The smallest absolute Gasteiger partial charge is 0.138 e. The van der Waals surface area contributed by atoms with Crippen LogP contribution in [0.3, 0.4) is 0 Å². The highest BCUT2D eigenvalue weighted by Crippen LogP contribution is 2.32. The van der Waals surface area contributed by atoms with Crippen molar-refractivity contribution in [1.82, 2.24) is 5.32 Å². The highest BCUT2D eigenvalue weighted by atomic mass is 35.5. The molecule has 0 aliphatic heterocycles. The van der Waals surface area contributed by atoms with Gasteiger partial charge in [-0.1, -0.05) is 24.6 Å². The third-order valence-corrected chi connectivity index (χ3v) is 3.61. The van der Waals surface area contributed by atoms with Crippen LogP contribution >= 0.6 is 11.6 Å². The van der Waals surface area contributed by atoms with Gasteiger partial charge < -0.3 is 10.1 Å². The summed E-state index contributed by atoms with van der Waals surface area (Å²) in [6, 6.07) is 6.41. The van der Waals surface area contributed by atoms with E-state index >= 15 is 0 Å². The minimum absolute atomic E-state index is 0.329. The average molecular weight is 254 g/mol. The summed E-state index contributed by atoms with van der Waals surface area (Å²) in [5, 5.41) is 4.09. The van der Waals surface area contributed by atoms with Crippen LogP contribution in [0.2, 0.25) is 5.02 Å². The Balaban J connectivity index is 2.04. The Bertz CT molecular complexity index is 376. The summed E-state index contributed by atoms with van der Waals surface area (Å²) >= 11 is 6.25. The van der Waals surface area contributed by atoms with E-state index in [2.05, 4.69) is 25.2 Å². The molecule has 0 amide bonds. The molecular weight excluding hydrogens is 234 g/mol. The Kier molecular flexibility index (Phi) is 4.30. The van der Waals surface area contributed by atoms with Gasteiger partial charge in [-0.2, -0.15) is 0 Å². The molecule has 0 saturated heterocycles. The Labute approximate surface area is 108 Å². The summed E-state index contributed by atoms with van der Waals surface area (Å²) in [4.78, 5) is 0. The second-order valence-electron chi connectivity index (χ2n) is 4.64. The zero-order valence-corrected chi connectivity index (χ0v) is 11.3. The minimum atomic E-state index is 0.329. The van der Waals surface area contributed by atoms with Gasteiger partial charge in [-0.3, -0.25) is 0 Å². The van der Waals surface area contributed by atoms with Crippen LogP contribution in [0.25, 0.3) is 0 Å². The highest BCUT2D eigenvalue weighted by Gasteiger charge is 2.20. The SMILES string of the molecule is CCNC(C)c1ccc(OC2CCC2)c(Cl)c1. The van der Waals surface area contributed by atoms with E-state index in [1.165, 1.54) is 12.0 Å². The van der Waals surface area contributed by atoms with Crippen LogP contribution in [-0.2, 0) is 0 Å². The predicted octanol–water partition coefficient (Wildman–Crippen LogP) is 3.94. The fraction of sp³-hybridized carbons (Fsp3) is 0.571. The molecule has 0 heterocycles. The molecule has 0 spiro atoms. The predicted molar refractivity (Wildman–Crippen MR) is 71.8 cm³/mol. The van der Waals surface area contributed by atoms with Gasteiger partial charge in [-0.25, -0.2) is 0 Å². The normalized spacial score (nSPS) is 17.6. The number of ether oxygens (including phenoxy) is 1. The lowest BCUT2D eigenvalue weighted by molar-refractivity contribution is 0.120. The van der Waals surface area contributed by atoms with Gasteiger partial charge in [0, 0.05) is 6.04 Å². The van der Waals surface area contributed by atoms with Gasteiger partial charge >= 0.3 is 0 Å². The first-order valence-electron chi connectivity index (χ1n) is 6.40. The van der Waals surface area contributed by atoms with Crippen molar-refractivity contribution in [2.75, 3.05) is 6.54 Å². The molecule has 17 heavy (non-hydrogen) atoms. The number of hydrogen-bond acceptors (Lipinski definition) is 2. The van der Waals surface area contributed by atoms with Gasteiger partial charge in [0.25, 0.3) is 0 Å². The zero-order chi connectivity index (χ0) is 12.3. The van der Waals surface area contributed by atoms with Gasteiger partial charge in [0.05, 0.1) is 11.1 Å². The van der Waals surface area contributed by atoms with Crippen molar-refractivity contribution in [3.05, 3.63) is 28.8 Å². The van der Waals surface area contributed by atoms with Crippen LogP contribution < -0.4 is 10.1 Å². The fourth-order valence-corrected chi connectivity index (χ4v) is 2.21. The van der Waals surface area contributed by atoms with Gasteiger partial charge in [0.15, 0.2) is 0 Å². The summed E-state index contributed by atoms with van der Waals surface area (Å²) in [6.45, 7) is 5.20. The van der Waals surface area contributed by atoms with E-state index in [0.29, 0.717) is 12.1 Å². The lowest BCUT2D eigenvalue weighted by atomic mass is 9.96. The summed E-state index contributed by atoms with van der Waals surface area (Å²) in [5.74, 6) is 0.823. The van der Waals surface area contributed by atoms with Crippen molar-refractivity contribution < 1.29 is 4.74 Å². The second kappa shape index (κ2) is 5.74. The van der Waals surface area contributed by atoms with E-state index in [0.717, 1.165) is 30.2 Å². The third kappa shape index (κ3) is 3.14. The maximum atomic E-state index is 6.25. The molecule has 2 rings (SSSR count). The van der Waals surface area contributed by atoms with Crippen LogP contribution in [0.5, 0.6) is 5.75 Å². The lowest BCUT2D eigenvalue weighted by Crippen LogP contribution is -2.24. The first-order chi connectivity index (χ1) is 8.20. The van der Waals surface area contributed by atoms with Crippen LogP contribution in [0.1, 0.15) is 44.7 Å². The average Bonchev–Trinajstić information content (AvgIpc) is 2.25. The number of hydrogen-bond donors (Lipinski definition) is 1. The lowest BCUT2D eigenvalue weighted by Gasteiger charge is -2.27. The van der Waals surface area contributed by atoms with E-state index < -0.39 is 0 Å². The van der Waals surface area contributed by atoms with E-state index in [1.807, 2.05) is 12.1 Å². The molecular formula is C14H20ClNO. The minimum Gasteiger partial charge on any atom is -0.489 e. The van der Waals surface area contributed by atoms with Crippen LogP contribution in [0, 0.1) is 0 Å². The summed E-state index contributed by atoms with van der Waals surface area (Å²) in [7, 11) is 0. The molecule has 1 atom stereocenters. The zero-order valence-electron chi connectivity index (χ0n) is 10.5. The van der Waals surface area contributed by atoms with Crippen molar-refractivity contribution in [3.8, 4) is 5.75 Å². The molecule has 1 aromatic carbocycles. The van der Waals surface area contributed by atoms with Crippen molar-refractivity contribution >= 4 is 11.6 Å². The standard InChI is InChI=1S/C14H20ClNO/c1-3-16-10(2)11-7-8-14(13(15)9-11)17-12-5-4-6-12/h7-10,12,16H,3-6H2,1-2H3. The molecule has 0 bridgehead atoms. The number of halogens is 1. The Hall–Kier alpha value is -0.730. The van der Waals surface area contributed by atoms with Gasteiger partial charge in [-0.15, -0.1) is 0 Å². The quantitative estimate of drug-likeness (QED) is 0.858. The number of benzene rings is 1. The molecule has 1 aliphatic carbocycles. The van der Waals surface area contributed by atoms with Crippen LogP contribution in [0.4, 0.5) is 0 Å². The maximum absolute atomic E-state index is 6.25. The third-order valence-electron chi connectivity index (χ3n) is 3.31. The Morgan fingerprint density at radius 2 is 2.24 bits per heavy atom. The molecule has 94 valence electrons. The molecule has 1 unspecified atom stereocenters. The fourth-order valence-electron chi connectivity index (χ4n) is 1.97. The van der Waals surface area contributed by atoms with E-state index in [-0.39, 0.29) is 0 Å². The molecule has 2 nitrogen and oxygen atoms in total. The first kappa shape index (κ1) is 12.7. The van der Waals surface area contributed by atoms with Crippen molar-refractivity contribution in [1.29, 1.82) is 0 Å². The molecule has 0 radical (unpaired) electrons. The van der Waals surface area contributed by atoms with E-state index in [1.54, 1.807) is 0 Å². The molecule has 1 aliphatic rings. The first-order valence-corrected chi connectivity index (χ1v) is 6.78. The summed E-state index contributed by atoms with van der Waals surface area (Å²) < 4.78 is 5.82. The van der Waals surface area contributed by atoms with E-state index in [4.69, 9.17) is 16.3 Å². The number of rotatable bonds is 5. The monoisotopic (exact) mass is 253 g/mol. The highest BCUT2D eigenvalue weighted by molar-refractivity contribution is 6.32. The van der Waals surface area contributed by atoms with Crippen LogP contribution in [-0.4, -0.2) is 12.6 Å². The molecule has 1 fully saturated rings. The molecule has 0 aromatic heterocycles. The molecule has 3 heteroatoms. The van der Waals surface area contributed by atoms with E-state index in [9.17, 15) is 0 Å². The maximum Gasteiger partial charge on any atom is 0.138 e. The second-order valence-corrected chi connectivity index (χ2v) is 5.05.